The predicted molar refractivity (Wildman–Crippen MR) is 326 cm³/mol. The van der Waals surface area contributed by atoms with Crippen molar-refractivity contribution in [3.05, 3.63) is 65.7 Å². The van der Waals surface area contributed by atoms with Crippen molar-refractivity contribution >= 4 is 110 Å². The number of aliphatic carboxylic acids is 1. The molecule has 4 rings (SSSR count). The molecule has 0 saturated carbocycles. The van der Waals surface area contributed by atoms with Gasteiger partial charge in [0.1, 0.15) is 60.1 Å². The van der Waals surface area contributed by atoms with Gasteiger partial charge in [-0.05, 0) is 61.3 Å². The van der Waals surface area contributed by atoms with Crippen LogP contribution in [0.5, 0.6) is 5.75 Å². The molecule has 2 saturated heterocycles. The smallest absolute Gasteiger partial charge is 0.305 e. The maximum atomic E-state index is 15.0. The van der Waals surface area contributed by atoms with Crippen LogP contribution in [-0.4, -0.2) is 195 Å². The number of nitrogens with zero attached hydrogens (tertiary/aromatic N) is 2. The molecule has 0 spiro atoms. The van der Waals surface area contributed by atoms with Crippen LogP contribution in [0.1, 0.15) is 76.3 Å². The van der Waals surface area contributed by atoms with Gasteiger partial charge in [0, 0.05) is 43.9 Å². The Morgan fingerprint density at radius 2 is 1.26 bits per heavy atom. The Labute approximate surface area is 524 Å². The van der Waals surface area contributed by atoms with Crippen LogP contribution in [0.4, 0.5) is 0 Å². The van der Waals surface area contributed by atoms with E-state index < -0.39 is 193 Å². The second-order valence-corrected chi connectivity index (χ2v) is 24.0. The molecule has 0 bridgehead atoms. The van der Waals surface area contributed by atoms with Gasteiger partial charge < -0.3 is 97.4 Å². The topological polar surface area (TPSA) is 559 Å². The summed E-state index contributed by atoms with van der Waals surface area (Å²) in [5.41, 5.74) is 34.0. The van der Waals surface area contributed by atoms with Crippen molar-refractivity contribution in [3.8, 4) is 5.75 Å². The number of likely N-dealkylation sites (tertiary alicyclic amines) is 1. The number of amides is 13. The van der Waals surface area contributed by atoms with Crippen LogP contribution in [0.15, 0.2) is 59.6 Å². The van der Waals surface area contributed by atoms with E-state index in [1.54, 1.807) is 44.2 Å². The number of nitrogens with two attached hydrogens (primary N) is 6. The van der Waals surface area contributed by atoms with Gasteiger partial charge in [0.2, 0.25) is 76.8 Å². The SMILES string of the molecule is CC(C)[C@H](N)C(=O)N[C@@H](CC(=O)O)C(=O)N[C@H]1CSSC[C@@H](C(=O)N2CCC[C@H]2C(=O)N[C@@H](CCCN=C(N)N)C(=O)NCC(N)=O)NC(=O)[C@H](CC(N)=O)NC(=O)[C@H](CCC(N)=O)NC(=O)[C@@H](Cc2ccccc2)NC(=O)[C@H](Cc2ccc(O)cc2)NC1=O. The second-order valence-electron chi connectivity index (χ2n) is 21.5. The monoisotopic (exact) mass is 1300 g/mol. The van der Waals surface area contributed by atoms with E-state index in [-0.39, 0.29) is 63.3 Å². The third kappa shape index (κ3) is 24.7. The second kappa shape index (κ2) is 36.3. The number of carboxylic acid groups (broad SMARTS) is 1. The van der Waals surface area contributed by atoms with Crippen LogP contribution >= 0.6 is 21.6 Å². The third-order valence-corrected chi connectivity index (χ3v) is 16.4. The molecule has 2 fully saturated rings. The predicted octanol–water partition coefficient (Wildman–Crippen LogP) is -6.30. The number of phenols is 1. The average molecular weight is 1300 g/mol. The van der Waals surface area contributed by atoms with Crippen LogP contribution in [0.2, 0.25) is 0 Å². The van der Waals surface area contributed by atoms with E-state index in [1.807, 2.05) is 0 Å². The zero-order valence-corrected chi connectivity index (χ0v) is 51.1. The summed E-state index contributed by atoms with van der Waals surface area (Å²) >= 11 is 0. The fourth-order valence-corrected chi connectivity index (χ4v) is 11.4. The lowest BCUT2D eigenvalue weighted by molar-refractivity contribution is -0.142. The fraction of sp³-hybridized carbons (Fsp3) is 0.509. The average Bonchev–Trinajstić information content (AvgIpc) is 2.40. The van der Waals surface area contributed by atoms with Crippen molar-refractivity contribution in [2.24, 2.45) is 45.3 Å². The highest BCUT2D eigenvalue weighted by Crippen LogP contribution is 2.27. The summed E-state index contributed by atoms with van der Waals surface area (Å²) < 4.78 is 0. The highest BCUT2D eigenvalue weighted by molar-refractivity contribution is 8.76. The van der Waals surface area contributed by atoms with E-state index in [9.17, 15) is 77.3 Å². The fourth-order valence-electron chi connectivity index (χ4n) is 9.12. The molecular formula is C55H79N17O16S2. The summed E-state index contributed by atoms with van der Waals surface area (Å²) in [5, 5.41) is 42.2. The molecule has 13 amide bonds. The number of carbonyl (C=O) groups is 14. The summed E-state index contributed by atoms with van der Waals surface area (Å²) in [7, 11) is 1.58. The maximum Gasteiger partial charge on any atom is 0.305 e. The van der Waals surface area contributed by atoms with Crippen LogP contribution < -0.4 is 82.3 Å². The van der Waals surface area contributed by atoms with E-state index in [4.69, 9.17) is 34.4 Å². The molecule has 90 heavy (non-hydrogen) atoms. The number of benzene rings is 2. The summed E-state index contributed by atoms with van der Waals surface area (Å²) in [4.78, 5) is 196. The number of aromatic hydroxyl groups is 1. The van der Waals surface area contributed by atoms with Gasteiger partial charge in [0.05, 0.1) is 25.4 Å². The normalized spacial score (nSPS) is 21.4. The van der Waals surface area contributed by atoms with Crippen molar-refractivity contribution in [2.75, 3.05) is 31.1 Å². The Kier molecular flexibility index (Phi) is 29.5. The molecule has 492 valence electrons. The van der Waals surface area contributed by atoms with Gasteiger partial charge in [-0.2, -0.15) is 0 Å². The summed E-state index contributed by atoms with van der Waals surface area (Å²) in [6.45, 7) is 2.53. The molecule has 2 aromatic carbocycles. The van der Waals surface area contributed by atoms with Gasteiger partial charge in [-0.25, -0.2) is 0 Å². The van der Waals surface area contributed by atoms with Crippen LogP contribution in [0.3, 0.4) is 0 Å². The standard InChI is InChI=1S/C55H79N17O16S2/c1-27(2)44(59)53(87)69-36(23-43(77)78)50(84)70-37-25-89-90-26-38(54(88)72-19-7-11-39(72)52(86)65-31(10-6-18-62-55(60)61)45(79)63-24-42(58)76)71-49(83)35(22-41(57)75)68-46(80)32(16-17-40(56)74)64-47(81)33(20-28-8-4-3-5-9-28)66-48(82)34(67-51(37)85)21-29-12-14-30(73)15-13-29/h3-5,8-9,12-15,27,31-39,44,73H,6-7,10-11,16-26,59H2,1-2H3,(H2,56,74)(H2,57,75)(H2,58,76)(H,63,79)(H,64,81)(H,65,86)(H,66,82)(H,67,85)(H,68,80)(H,69,87)(H,70,84)(H,71,83)(H,77,78)(H4,60,61,62)/t31-,32-,33+,34-,35-,36-,37-,38-,39-,44-/m0/s1. The molecule has 2 heterocycles. The summed E-state index contributed by atoms with van der Waals surface area (Å²) in [6, 6.07) is -2.47. The van der Waals surface area contributed by atoms with Gasteiger partial charge >= 0.3 is 5.97 Å². The van der Waals surface area contributed by atoms with E-state index in [0.717, 1.165) is 26.5 Å². The van der Waals surface area contributed by atoms with Gasteiger partial charge in [-0.1, -0.05) is 77.9 Å². The minimum Gasteiger partial charge on any atom is -0.508 e. The lowest BCUT2D eigenvalue weighted by Crippen LogP contribution is -2.62. The Morgan fingerprint density at radius 1 is 0.678 bits per heavy atom. The van der Waals surface area contributed by atoms with Crippen molar-refractivity contribution in [1.29, 1.82) is 0 Å². The van der Waals surface area contributed by atoms with Crippen molar-refractivity contribution in [2.45, 2.75) is 138 Å². The zero-order chi connectivity index (χ0) is 66.8. The van der Waals surface area contributed by atoms with Gasteiger partial charge in [-0.15, -0.1) is 0 Å². The Hall–Kier alpha value is -9.25. The van der Waals surface area contributed by atoms with Crippen molar-refractivity contribution in [3.63, 3.8) is 0 Å². The lowest BCUT2D eigenvalue weighted by atomic mass is 10.0. The first-order valence-corrected chi connectivity index (χ1v) is 31.0. The van der Waals surface area contributed by atoms with Crippen LogP contribution in [0, 0.1) is 5.92 Å². The molecule has 2 aliphatic rings. The van der Waals surface area contributed by atoms with Crippen LogP contribution in [0.25, 0.3) is 0 Å². The van der Waals surface area contributed by atoms with E-state index in [2.05, 4.69) is 52.8 Å². The molecule has 0 aromatic heterocycles. The van der Waals surface area contributed by atoms with E-state index in [0.29, 0.717) is 11.1 Å². The molecule has 2 aliphatic heterocycles. The maximum absolute atomic E-state index is 15.0. The quantitative estimate of drug-likeness (QED) is 0.0180. The van der Waals surface area contributed by atoms with E-state index in [1.165, 1.54) is 24.3 Å². The highest BCUT2D eigenvalue weighted by atomic mass is 33.1. The number of carboxylic acids is 1. The summed E-state index contributed by atoms with van der Waals surface area (Å²) in [6.07, 6.45) is -3.31. The molecule has 0 aliphatic carbocycles. The van der Waals surface area contributed by atoms with Gasteiger partial charge in [0.25, 0.3) is 0 Å². The van der Waals surface area contributed by atoms with Crippen molar-refractivity contribution < 1.29 is 77.3 Å². The minimum absolute atomic E-state index is 0.0176. The largest absolute Gasteiger partial charge is 0.508 e. The number of hydrogen-bond donors (Lipinski definition) is 17. The Morgan fingerprint density at radius 3 is 1.84 bits per heavy atom. The summed E-state index contributed by atoms with van der Waals surface area (Å²) in [5.74, 6) is -16.6. The number of carbonyl (C=O) groups excluding carboxylic acids is 13. The molecule has 10 atom stereocenters. The number of aliphatic imine (C=N–C) groups is 1. The first-order chi connectivity index (χ1) is 42.5. The molecule has 33 nitrogen and oxygen atoms in total. The number of hydrogen-bond acceptors (Lipinski definition) is 19. The van der Waals surface area contributed by atoms with Crippen molar-refractivity contribution in [1.82, 2.24) is 52.8 Å². The van der Waals surface area contributed by atoms with Gasteiger partial charge in [-0.3, -0.25) is 72.1 Å². The van der Waals surface area contributed by atoms with Gasteiger partial charge in [0.15, 0.2) is 5.96 Å². The third-order valence-electron chi connectivity index (χ3n) is 14.0. The molecular weight excluding hydrogens is 1220 g/mol. The number of rotatable bonds is 26. The number of guanidine groups is 1. The highest BCUT2D eigenvalue weighted by Gasteiger charge is 2.41. The number of primary amides is 3. The first kappa shape index (κ1) is 73.2. The minimum atomic E-state index is -1.92. The lowest BCUT2D eigenvalue weighted by Gasteiger charge is -2.31. The zero-order valence-electron chi connectivity index (χ0n) is 49.4. The molecule has 0 radical (unpaired) electrons. The van der Waals surface area contributed by atoms with Crippen LogP contribution in [-0.2, 0) is 80.0 Å². The number of phenolic OH excluding ortho intramolecular Hbond substituents is 1. The molecule has 2 aromatic rings. The Balaban J connectivity index is 1.88. The van der Waals surface area contributed by atoms with E-state index >= 15 is 0 Å². The molecule has 0 unspecified atom stereocenters. The first-order valence-electron chi connectivity index (χ1n) is 28.5. The number of nitrogens with one attached hydrogen (secondary N) is 9. The molecule has 35 heteroatoms. The Bertz CT molecular complexity index is 2960. The molecule has 23 N–H and O–H groups in total.